The van der Waals surface area contributed by atoms with Crippen LogP contribution in [0.3, 0.4) is 0 Å². The molecule has 1 aromatic carbocycles. The van der Waals surface area contributed by atoms with E-state index in [1.807, 2.05) is 39.0 Å². The lowest BCUT2D eigenvalue weighted by Crippen LogP contribution is -2.41. The van der Waals surface area contributed by atoms with Crippen molar-refractivity contribution in [1.82, 2.24) is 4.90 Å². The lowest BCUT2D eigenvalue weighted by atomic mass is 10.1. The van der Waals surface area contributed by atoms with E-state index in [1.54, 1.807) is 11.8 Å². The van der Waals surface area contributed by atoms with Gasteiger partial charge in [0.15, 0.2) is 0 Å². The average molecular weight is 314 g/mol. The quantitative estimate of drug-likeness (QED) is 0.928. The zero-order valence-electron chi connectivity index (χ0n) is 11.3. The summed E-state index contributed by atoms with van der Waals surface area (Å²) in [6.07, 6.45) is -0.523. The fourth-order valence-corrected chi connectivity index (χ4v) is 2.08. The molecule has 0 aromatic heterocycles. The van der Waals surface area contributed by atoms with Crippen molar-refractivity contribution in [2.75, 3.05) is 6.54 Å². The number of hydrogen-bond acceptors (Lipinski definition) is 2. The maximum Gasteiger partial charge on any atom is 0.254 e. The highest BCUT2D eigenvalue weighted by molar-refractivity contribution is 9.10. The number of halogens is 1. The number of carbonyl (C=O) groups is 1. The van der Waals surface area contributed by atoms with Crippen molar-refractivity contribution in [1.29, 1.82) is 0 Å². The highest BCUT2D eigenvalue weighted by Crippen LogP contribution is 2.19. The average Bonchev–Trinajstić information content (AvgIpc) is 2.28. The van der Waals surface area contributed by atoms with Gasteiger partial charge in [-0.1, -0.05) is 22.0 Å². The number of benzene rings is 1. The number of aliphatic hydroxyl groups excluding tert-OH is 1. The third kappa shape index (κ3) is 3.82. The Hall–Kier alpha value is -0.870. The third-order valence-electron chi connectivity index (χ3n) is 2.76. The van der Waals surface area contributed by atoms with Crippen LogP contribution in [0.1, 0.15) is 36.7 Å². The molecule has 0 aliphatic heterocycles. The number of carbonyl (C=O) groups excluding carboxylic acids is 1. The van der Waals surface area contributed by atoms with Gasteiger partial charge in [0.25, 0.3) is 5.91 Å². The lowest BCUT2D eigenvalue weighted by Gasteiger charge is -2.28. The summed E-state index contributed by atoms with van der Waals surface area (Å²) in [5.41, 5.74) is 1.74. The van der Waals surface area contributed by atoms with Crippen molar-refractivity contribution >= 4 is 21.8 Å². The lowest BCUT2D eigenvalue weighted by molar-refractivity contribution is 0.0578. The van der Waals surface area contributed by atoms with Crippen LogP contribution in [0, 0.1) is 6.92 Å². The highest BCUT2D eigenvalue weighted by Gasteiger charge is 2.20. The molecule has 1 unspecified atom stereocenters. The Morgan fingerprint density at radius 2 is 2.00 bits per heavy atom. The molecule has 0 aliphatic rings. The molecule has 0 radical (unpaired) electrons. The Morgan fingerprint density at radius 1 is 1.39 bits per heavy atom. The maximum absolute atomic E-state index is 12.4. The summed E-state index contributed by atoms with van der Waals surface area (Å²) in [6.45, 7) is 7.91. The molecule has 0 saturated carbocycles. The Morgan fingerprint density at radius 3 is 2.44 bits per heavy atom. The number of hydrogen-bond donors (Lipinski definition) is 1. The number of aliphatic hydroxyl groups is 1. The largest absolute Gasteiger partial charge is 0.392 e. The van der Waals surface area contributed by atoms with Crippen molar-refractivity contribution in [3.63, 3.8) is 0 Å². The molecular weight excluding hydrogens is 294 g/mol. The van der Waals surface area contributed by atoms with Crippen LogP contribution in [0.5, 0.6) is 0 Å². The monoisotopic (exact) mass is 313 g/mol. The van der Waals surface area contributed by atoms with Crippen LogP contribution in [0.4, 0.5) is 0 Å². The first-order chi connectivity index (χ1) is 8.32. The molecule has 3 nitrogen and oxygen atoms in total. The minimum atomic E-state index is -0.523. The van der Waals surface area contributed by atoms with Gasteiger partial charge < -0.3 is 10.0 Å². The fourth-order valence-electron chi connectivity index (χ4n) is 1.70. The molecule has 1 aromatic rings. The number of amides is 1. The first-order valence-electron chi connectivity index (χ1n) is 6.08. The molecular formula is C14H20BrNO2. The summed E-state index contributed by atoms with van der Waals surface area (Å²) in [4.78, 5) is 14.1. The smallest absolute Gasteiger partial charge is 0.254 e. The van der Waals surface area contributed by atoms with E-state index in [-0.39, 0.29) is 11.9 Å². The number of rotatable bonds is 4. The van der Waals surface area contributed by atoms with Gasteiger partial charge >= 0.3 is 0 Å². The SMILES string of the molecule is Cc1ccc(C(=O)N(CC(C)O)C(C)C)cc1Br. The molecule has 1 amide bonds. The molecule has 0 spiro atoms. The van der Waals surface area contributed by atoms with Gasteiger partial charge in [0.05, 0.1) is 6.10 Å². The van der Waals surface area contributed by atoms with E-state index in [9.17, 15) is 9.90 Å². The van der Waals surface area contributed by atoms with Crippen molar-refractivity contribution in [2.24, 2.45) is 0 Å². The predicted octanol–water partition coefficient (Wildman–Crippen LogP) is 2.99. The first kappa shape index (κ1) is 15.2. The second kappa shape index (κ2) is 6.34. The van der Waals surface area contributed by atoms with Gasteiger partial charge in [-0.05, 0) is 45.4 Å². The van der Waals surface area contributed by atoms with Gasteiger partial charge in [-0.15, -0.1) is 0 Å². The van der Waals surface area contributed by atoms with Crippen molar-refractivity contribution in [2.45, 2.75) is 39.8 Å². The van der Waals surface area contributed by atoms with Crippen LogP contribution in [0.25, 0.3) is 0 Å². The van der Waals surface area contributed by atoms with Crippen molar-refractivity contribution in [3.8, 4) is 0 Å². The van der Waals surface area contributed by atoms with Crippen molar-refractivity contribution < 1.29 is 9.90 Å². The molecule has 100 valence electrons. The normalized spacial score (nSPS) is 12.6. The molecule has 0 saturated heterocycles. The standard InChI is InChI=1S/C14H20BrNO2/c1-9(2)16(8-11(4)17)14(18)12-6-5-10(3)13(15)7-12/h5-7,9,11,17H,8H2,1-4H3. The second-order valence-electron chi connectivity index (χ2n) is 4.86. The molecule has 0 fully saturated rings. The van der Waals surface area contributed by atoms with Gasteiger partial charge in [-0.25, -0.2) is 0 Å². The zero-order valence-corrected chi connectivity index (χ0v) is 12.9. The fraction of sp³-hybridized carbons (Fsp3) is 0.500. The Labute approximate surface area is 117 Å². The summed E-state index contributed by atoms with van der Waals surface area (Å²) in [6, 6.07) is 5.62. The molecule has 1 N–H and O–H groups in total. The van der Waals surface area contributed by atoms with Crippen LogP contribution in [0.15, 0.2) is 22.7 Å². The van der Waals surface area contributed by atoms with Gasteiger partial charge in [-0.3, -0.25) is 4.79 Å². The summed E-state index contributed by atoms with van der Waals surface area (Å²) in [5, 5.41) is 9.46. The minimum absolute atomic E-state index is 0.0494. The molecule has 4 heteroatoms. The molecule has 18 heavy (non-hydrogen) atoms. The first-order valence-corrected chi connectivity index (χ1v) is 6.87. The van der Waals surface area contributed by atoms with Gasteiger partial charge in [0.1, 0.15) is 0 Å². The topological polar surface area (TPSA) is 40.5 Å². The highest BCUT2D eigenvalue weighted by atomic mass is 79.9. The Kier molecular flexibility index (Phi) is 5.35. The van der Waals surface area contributed by atoms with E-state index < -0.39 is 6.10 Å². The van der Waals surface area contributed by atoms with Gasteiger partial charge in [0.2, 0.25) is 0 Å². The van der Waals surface area contributed by atoms with E-state index in [2.05, 4.69) is 15.9 Å². The summed E-state index contributed by atoms with van der Waals surface area (Å²) in [5.74, 6) is -0.0494. The molecule has 0 heterocycles. The van der Waals surface area contributed by atoms with Crippen molar-refractivity contribution in [3.05, 3.63) is 33.8 Å². The Bertz CT molecular complexity index is 430. The van der Waals surface area contributed by atoms with Crippen LogP contribution in [-0.2, 0) is 0 Å². The Balaban J connectivity index is 2.98. The molecule has 0 aliphatic carbocycles. The summed E-state index contributed by atoms with van der Waals surface area (Å²) in [7, 11) is 0. The second-order valence-corrected chi connectivity index (χ2v) is 5.72. The van der Waals surface area contributed by atoms with E-state index >= 15 is 0 Å². The van der Waals surface area contributed by atoms with Gasteiger partial charge in [-0.2, -0.15) is 0 Å². The predicted molar refractivity (Wildman–Crippen MR) is 76.7 cm³/mol. The van der Waals surface area contributed by atoms with Crippen LogP contribution in [-0.4, -0.2) is 34.6 Å². The molecule has 0 bridgehead atoms. The van der Waals surface area contributed by atoms with E-state index in [0.717, 1.165) is 10.0 Å². The molecule has 1 rings (SSSR count). The summed E-state index contributed by atoms with van der Waals surface area (Å²) >= 11 is 3.43. The molecule has 1 atom stereocenters. The number of nitrogens with zero attached hydrogens (tertiary/aromatic N) is 1. The third-order valence-corrected chi connectivity index (χ3v) is 3.62. The van der Waals surface area contributed by atoms with Crippen LogP contribution < -0.4 is 0 Å². The van der Waals surface area contributed by atoms with Crippen LogP contribution >= 0.6 is 15.9 Å². The van der Waals surface area contributed by atoms with E-state index in [0.29, 0.717) is 12.1 Å². The summed E-state index contributed by atoms with van der Waals surface area (Å²) < 4.78 is 0.925. The van der Waals surface area contributed by atoms with Crippen LogP contribution in [0.2, 0.25) is 0 Å². The van der Waals surface area contributed by atoms with E-state index in [1.165, 1.54) is 0 Å². The minimum Gasteiger partial charge on any atom is -0.392 e. The van der Waals surface area contributed by atoms with E-state index in [4.69, 9.17) is 0 Å². The maximum atomic E-state index is 12.4. The van der Waals surface area contributed by atoms with Gasteiger partial charge in [0, 0.05) is 22.6 Å². The zero-order chi connectivity index (χ0) is 13.9. The number of aryl methyl sites for hydroxylation is 1.